The Balaban J connectivity index is 1.69. The monoisotopic (exact) mass is 340 g/mol. The van der Waals surface area contributed by atoms with Gasteiger partial charge in [-0.2, -0.15) is 0 Å². The minimum atomic E-state index is 0.751. The first kappa shape index (κ1) is 18.1. The normalized spacial score (nSPS) is 20.4. The zero-order chi connectivity index (χ0) is 17.5. The maximum atomic E-state index is 4.78. The summed E-state index contributed by atoms with van der Waals surface area (Å²) in [5, 5.41) is 3.46. The molecule has 0 atom stereocenters. The van der Waals surface area contributed by atoms with Gasteiger partial charge in [-0.15, -0.1) is 0 Å². The van der Waals surface area contributed by atoms with Crippen LogP contribution in [0.5, 0.6) is 0 Å². The van der Waals surface area contributed by atoms with Gasteiger partial charge in [0.1, 0.15) is 0 Å². The maximum absolute atomic E-state index is 4.78. The molecule has 2 saturated carbocycles. The van der Waals surface area contributed by atoms with Crippen molar-refractivity contribution >= 4 is 17.7 Å². The van der Waals surface area contributed by atoms with Gasteiger partial charge in [-0.3, -0.25) is 4.99 Å². The van der Waals surface area contributed by atoms with Gasteiger partial charge in [0.2, 0.25) is 5.95 Å². The third-order valence-corrected chi connectivity index (χ3v) is 5.74. The highest BCUT2D eigenvalue weighted by Gasteiger charge is 2.19. The van der Waals surface area contributed by atoms with Gasteiger partial charge in [0.15, 0.2) is 0 Å². The van der Waals surface area contributed by atoms with Crippen molar-refractivity contribution in [3.8, 4) is 0 Å². The van der Waals surface area contributed by atoms with E-state index in [0.29, 0.717) is 0 Å². The Morgan fingerprint density at radius 3 is 2.60 bits per heavy atom. The van der Waals surface area contributed by atoms with Gasteiger partial charge >= 0.3 is 0 Å². The first-order chi connectivity index (χ1) is 12.3. The predicted octanol–water partition coefficient (Wildman–Crippen LogP) is 5.13. The molecule has 2 aliphatic carbocycles. The smallest absolute Gasteiger partial charge is 0.223 e. The molecule has 1 N–H and O–H groups in total. The zero-order valence-electron chi connectivity index (χ0n) is 15.8. The lowest BCUT2D eigenvalue weighted by Gasteiger charge is -2.26. The third kappa shape index (κ3) is 5.13. The van der Waals surface area contributed by atoms with Crippen LogP contribution in [0.2, 0.25) is 0 Å². The van der Waals surface area contributed by atoms with E-state index in [1.54, 1.807) is 0 Å². The van der Waals surface area contributed by atoms with Crippen molar-refractivity contribution in [1.29, 1.82) is 0 Å². The van der Waals surface area contributed by atoms with Crippen molar-refractivity contribution in [2.75, 3.05) is 18.9 Å². The number of hydrogen-bond acceptors (Lipinski definition) is 4. The standard InChI is InChI=1S/C21H32N4/c1-16(13-17-9-6-10-17)19(15-22-2)20-11-12-23-21(25-20)24-14-18-7-4-3-5-8-18/h11-12,15,17-18H,3-10,13-14H2,1-2H3,(H,23,24,25)/b19-16-,22-15?. The van der Waals surface area contributed by atoms with Crippen LogP contribution in [-0.4, -0.2) is 29.8 Å². The summed E-state index contributed by atoms with van der Waals surface area (Å²) in [6.07, 6.45) is 15.9. The van der Waals surface area contributed by atoms with Crippen LogP contribution in [0, 0.1) is 11.8 Å². The molecule has 0 unspecified atom stereocenters. The Bertz CT molecular complexity index is 610. The molecule has 0 amide bonds. The second-order valence-electron chi connectivity index (χ2n) is 7.73. The largest absolute Gasteiger partial charge is 0.354 e. The fourth-order valence-electron chi connectivity index (χ4n) is 3.98. The lowest BCUT2D eigenvalue weighted by atomic mass is 9.80. The van der Waals surface area contributed by atoms with Crippen molar-refractivity contribution in [3.05, 3.63) is 23.5 Å². The fourth-order valence-corrected chi connectivity index (χ4v) is 3.98. The Kier molecular flexibility index (Phi) is 6.60. The summed E-state index contributed by atoms with van der Waals surface area (Å²) in [6, 6.07) is 2.01. The molecule has 0 radical (unpaired) electrons. The summed E-state index contributed by atoms with van der Waals surface area (Å²) in [7, 11) is 1.83. The molecule has 136 valence electrons. The molecular weight excluding hydrogens is 308 g/mol. The summed E-state index contributed by atoms with van der Waals surface area (Å²) in [5.74, 6) is 2.38. The predicted molar refractivity (Wildman–Crippen MR) is 106 cm³/mol. The van der Waals surface area contributed by atoms with Gasteiger partial charge in [-0.1, -0.05) is 44.1 Å². The minimum absolute atomic E-state index is 0.751. The lowest BCUT2D eigenvalue weighted by molar-refractivity contribution is 0.314. The van der Waals surface area contributed by atoms with Crippen molar-refractivity contribution < 1.29 is 0 Å². The number of aromatic nitrogens is 2. The average molecular weight is 341 g/mol. The van der Waals surface area contributed by atoms with Gasteiger partial charge < -0.3 is 5.32 Å². The zero-order valence-corrected chi connectivity index (χ0v) is 15.8. The van der Waals surface area contributed by atoms with Crippen LogP contribution in [-0.2, 0) is 0 Å². The number of aliphatic imine (C=N–C) groups is 1. The average Bonchev–Trinajstić information content (AvgIpc) is 2.62. The van der Waals surface area contributed by atoms with Crippen LogP contribution >= 0.6 is 0 Å². The Labute approximate surface area is 152 Å². The molecule has 3 rings (SSSR count). The van der Waals surface area contributed by atoms with Gasteiger partial charge in [0.05, 0.1) is 5.69 Å². The van der Waals surface area contributed by atoms with Crippen LogP contribution in [0.15, 0.2) is 22.8 Å². The second-order valence-corrected chi connectivity index (χ2v) is 7.73. The first-order valence-electron chi connectivity index (χ1n) is 9.95. The minimum Gasteiger partial charge on any atom is -0.354 e. The van der Waals surface area contributed by atoms with E-state index in [2.05, 4.69) is 22.2 Å². The molecular formula is C21H32N4. The van der Waals surface area contributed by atoms with Crippen molar-refractivity contribution in [3.63, 3.8) is 0 Å². The van der Waals surface area contributed by atoms with Crippen LogP contribution in [0.4, 0.5) is 5.95 Å². The van der Waals surface area contributed by atoms with Gasteiger partial charge in [0.25, 0.3) is 0 Å². The van der Waals surface area contributed by atoms with Crippen LogP contribution < -0.4 is 5.32 Å². The SMILES string of the molecule is CN=C/C(=C(\C)CC1CCC1)c1ccnc(NCC2CCCCC2)n1. The molecule has 0 aromatic carbocycles. The number of anilines is 1. The molecule has 4 heteroatoms. The molecule has 1 heterocycles. The van der Waals surface area contributed by atoms with Crippen molar-refractivity contribution in [2.24, 2.45) is 16.8 Å². The fraction of sp³-hybridized carbons (Fsp3) is 0.667. The Morgan fingerprint density at radius 1 is 1.16 bits per heavy atom. The molecule has 0 bridgehead atoms. The summed E-state index contributed by atoms with van der Waals surface area (Å²) >= 11 is 0. The summed E-state index contributed by atoms with van der Waals surface area (Å²) in [4.78, 5) is 13.5. The number of nitrogens with one attached hydrogen (secondary N) is 1. The van der Waals surface area contributed by atoms with E-state index < -0.39 is 0 Å². The van der Waals surface area contributed by atoms with E-state index >= 15 is 0 Å². The molecule has 0 spiro atoms. The van der Waals surface area contributed by atoms with E-state index in [1.807, 2.05) is 25.5 Å². The molecule has 2 fully saturated rings. The number of allylic oxidation sites excluding steroid dienone is 2. The van der Waals surface area contributed by atoms with E-state index in [-0.39, 0.29) is 0 Å². The quantitative estimate of drug-likeness (QED) is 0.700. The van der Waals surface area contributed by atoms with Crippen molar-refractivity contribution in [1.82, 2.24) is 9.97 Å². The molecule has 0 saturated heterocycles. The molecule has 2 aliphatic rings. The summed E-state index contributed by atoms with van der Waals surface area (Å²) in [5.41, 5.74) is 3.55. The van der Waals surface area contributed by atoms with Gasteiger partial charge in [-0.05, 0) is 44.1 Å². The molecule has 4 nitrogen and oxygen atoms in total. The summed E-state index contributed by atoms with van der Waals surface area (Å²) in [6.45, 7) is 3.22. The van der Waals surface area contributed by atoms with Crippen molar-refractivity contribution in [2.45, 2.75) is 64.7 Å². The van der Waals surface area contributed by atoms with Gasteiger partial charge in [0, 0.05) is 31.6 Å². The molecule has 0 aliphatic heterocycles. The molecule has 1 aromatic rings. The van der Waals surface area contributed by atoms with Gasteiger partial charge in [-0.25, -0.2) is 9.97 Å². The summed E-state index contributed by atoms with van der Waals surface area (Å²) < 4.78 is 0. The number of rotatable bonds is 7. The first-order valence-corrected chi connectivity index (χ1v) is 9.95. The van der Waals surface area contributed by atoms with Crippen LogP contribution in [0.1, 0.15) is 70.4 Å². The molecule has 25 heavy (non-hydrogen) atoms. The third-order valence-electron chi connectivity index (χ3n) is 5.74. The number of nitrogens with zero attached hydrogens (tertiary/aromatic N) is 3. The molecule has 1 aromatic heterocycles. The highest BCUT2D eigenvalue weighted by molar-refractivity contribution is 6.10. The highest BCUT2D eigenvalue weighted by Crippen LogP contribution is 2.34. The lowest BCUT2D eigenvalue weighted by Crippen LogP contribution is -2.18. The topological polar surface area (TPSA) is 50.2 Å². The Hall–Kier alpha value is -1.71. The van der Waals surface area contributed by atoms with E-state index in [0.717, 1.165) is 42.0 Å². The van der Waals surface area contributed by atoms with E-state index in [4.69, 9.17) is 4.98 Å². The Morgan fingerprint density at radius 2 is 1.92 bits per heavy atom. The number of hydrogen-bond donors (Lipinski definition) is 1. The maximum Gasteiger partial charge on any atom is 0.223 e. The second kappa shape index (κ2) is 9.12. The van der Waals surface area contributed by atoms with Crippen LogP contribution in [0.3, 0.4) is 0 Å². The highest BCUT2D eigenvalue weighted by atomic mass is 15.1. The van der Waals surface area contributed by atoms with E-state index in [9.17, 15) is 0 Å². The van der Waals surface area contributed by atoms with E-state index in [1.165, 1.54) is 56.9 Å². The van der Waals surface area contributed by atoms with Crippen LogP contribution in [0.25, 0.3) is 5.57 Å².